The third-order valence-corrected chi connectivity index (χ3v) is 7.34. The number of hydrogen-bond donors (Lipinski definition) is 0. The fourth-order valence-corrected chi connectivity index (χ4v) is 5.24. The van der Waals surface area contributed by atoms with Crippen LogP contribution in [0.5, 0.6) is 0 Å². The fourth-order valence-electron chi connectivity index (χ4n) is 5.24. The summed E-state index contributed by atoms with van der Waals surface area (Å²) in [6, 6.07) is 32.8. The van der Waals surface area contributed by atoms with Crippen LogP contribution in [0.25, 0.3) is 28.3 Å². The van der Waals surface area contributed by atoms with E-state index in [9.17, 15) is 0 Å². The minimum atomic E-state index is 0.969. The van der Waals surface area contributed by atoms with Gasteiger partial charge in [-0.3, -0.25) is 0 Å². The van der Waals surface area contributed by atoms with E-state index in [2.05, 4.69) is 124 Å². The molecule has 0 aliphatic heterocycles. The Morgan fingerprint density at radius 3 is 1.90 bits per heavy atom. The lowest BCUT2D eigenvalue weighted by Gasteiger charge is -2.15. The van der Waals surface area contributed by atoms with Crippen LogP contribution in [0.15, 0.2) is 102 Å². The summed E-state index contributed by atoms with van der Waals surface area (Å²) in [5.41, 5.74) is 11.7. The second kappa shape index (κ2) is 14.4. The maximum Gasteiger partial charge on any atom is 0.196 e. The lowest BCUT2D eigenvalue weighted by atomic mass is 9.89. The first-order valence-corrected chi connectivity index (χ1v) is 14.6. The van der Waals surface area contributed by atoms with Gasteiger partial charge in [0.2, 0.25) is 0 Å². The van der Waals surface area contributed by atoms with E-state index in [0.717, 1.165) is 24.9 Å². The van der Waals surface area contributed by atoms with E-state index in [4.69, 9.17) is 5.11 Å². The van der Waals surface area contributed by atoms with Gasteiger partial charge in [-0.05, 0) is 99.9 Å². The smallest absolute Gasteiger partial charge is 0.0934 e. The van der Waals surface area contributed by atoms with Crippen molar-refractivity contribution in [1.82, 2.24) is 0 Å². The monoisotopic (exact) mass is 515 g/mol. The standard InChI is InChI=1S/C37H43N2/c1-5-8-16-32-22-23-34(28-36(32)30-18-12-10-13-19-30)38-39(4)25-24-29-26-33(17-9-6-2)35(7-3)37(27-29)31-20-14-11-15-21-31/h10-15,18-28H,5-9,16-17H2,1-4H3/q+1. The Morgan fingerprint density at radius 1 is 0.667 bits per heavy atom. The first-order valence-electron chi connectivity index (χ1n) is 14.6. The molecule has 2 nitrogen and oxygen atoms in total. The van der Waals surface area contributed by atoms with Gasteiger partial charge >= 0.3 is 0 Å². The van der Waals surface area contributed by atoms with Gasteiger partial charge in [0, 0.05) is 6.08 Å². The number of benzene rings is 4. The fraction of sp³-hybridized carbons (Fsp3) is 0.297. The molecule has 200 valence electrons. The van der Waals surface area contributed by atoms with Gasteiger partial charge in [-0.25, -0.2) is 0 Å². The van der Waals surface area contributed by atoms with E-state index in [0.29, 0.717) is 0 Å². The van der Waals surface area contributed by atoms with Crippen LogP contribution in [0.1, 0.15) is 68.7 Å². The van der Waals surface area contributed by atoms with Crippen LogP contribution in [0.2, 0.25) is 0 Å². The molecule has 0 spiro atoms. The van der Waals surface area contributed by atoms with Gasteiger partial charge in [0.15, 0.2) is 13.2 Å². The molecule has 0 aliphatic carbocycles. The largest absolute Gasteiger partial charge is 0.196 e. The molecule has 0 aromatic heterocycles. The molecule has 0 heterocycles. The van der Waals surface area contributed by atoms with Crippen molar-refractivity contribution < 1.29 is 4.70 Å². The highest BCUT2D eigenvalue weighted by Crippen LogP contribution is 2.31. The first-order chi connectivity index (χ1) is 19.1. The van der Waals surface area contributed by atoms with Gasteiger partial charge in [0.25, 0.3) is 0 Å². The van der Waals surface area contributed by atoms with Crippen LogP contribution >= 0.6 is 0 Å². The molecule has 0 saturated heterocycles. The molecule has 39 heavy (non-hydrogen) atoms. The van der Waals surface area contributed by atoms with Crippen molar-refractivity contribution in [2.45, 2.75) is 65.7 Å². The SMILES string of the molecule is CCCCc1ccc(N=[N+](C)C=Cc2cc(CCCC)c(CC)c(-c3ccccc3)c2)cc1-c1ccccc1. The minimum Gasteiger partial charge on any atom is -0.0934 e. The summed E-state index contributed by atoms with van der Waals surface area (Å²) in [7, 11) is 2.01. The average Bonchev–Trinajstić information content (AvgIpc) is 2.98. The van der Waals surface area contributed by atoms with Crippen molar-refractivity contribution in [3.63, 3.8) is 0 Å². The third-order valence-electron chi connectivity index (χ3n) is 7.34. The summed E-state index contributed by atoms with van der Waals surface area (Å²) in [4.78, 5) is 0. The summed E-state index contributed by atoms with van der Waals surface area (Å²) >= 11 is 0. The molecule has 0 fully saturated rings. The van der Waals surface area contributed by atoms with Gasteiger partial charge in [0.05, 0.1) is 0 Å². The topological polar surface area (TPSA) is 15.4 Å². The maximum absolute atomic E-state index is 4.91. The van der Waals surface area contributed by atoms with Gasteiger partial charge in [0.1, 0.15) is 5.69 Å². The summed E-state index contributed by atoms with van der Waals surface area (Å²) in [6.07, 6.45) is 12.3. The van der Waals surface area contributed by atoms with E-state index in [1.807, 2.05) is 11.7 Å². The molecule has 4 aromatic rings. The van der Waals surface area contributed by atoms with Crippen molar-refractivity contribution in [1.29, 1.82) is 0 Å². The van der Waals surface area contributed by atoms with Crippen LogP contribution in [-0.4, -0.2) is 11.7 Å². The second-order valence-electron chi connectivity index (χ2n) is 10.3. The zero-order valence-electron chi connectivity index (χ0n) is 24.2. The van der Waals surface area contributed by atoms with E-state index in [-0.39, 0.29) is 0 Å². The molecule has 0 saturated carbocycles. The Hall–Kier alpha value is -3.78. The van der Waals surface area contributed by atoms with Crippen molar-refractivity contribution in [2.24, 2.45) is 5.11 Å². The number of azo groups is 2. The number of unbranched alkanes of at least 4 members (excludes halogenated alkanes) is 2. The van der Waals surface area contributed by atoms with Crippen molar-refractivity contribution in [3.05, 3.63) is 119 Å². The van der Waals surface area contributed by atoms with Crippen LogP contribution in [-0.2, 0) is 19.3 Å². The highest BCUT2D eigenvalue weighted by atomic mass is 15.2. The van der Waals surface area contributed by atoms with Crippen molar-refractivity contribution >= 4 is 11.8 Å². The summed E-state index contributed by atoms with van der Waals surface area (Å²) in [6.45, 7) is 6.79. The number of nitrogens with zero attached hydrogens (tertiary/aromatic N) is 2. The molecule has 4 rings (SSSR count). The van der Waals surface area contributed by atoms with E-state index in [1.165, 1.54) is 70.2 Å². The quantitative estimate of drug-likeness (QED) is 0.132. The second-order valence-corrected chi connectivity index (χ2v) is 10.3. The molecular weight excluding hydrogens is 472 g/mol. The van der Waals surface area contributed by atoms with Crippen LogP contribution in [0.3, 0.4) is 0 Å². The lowest BCUT2D eigenvalue weighted by Crippen LogP contribution is -1.99. The molecule has 0 unspecified atom stereocenters. The van der Waals surface area contributed by atoms with Gasteiger partial charge in [-0.1, -0.05) is 111 Å². The number of hydrogen-bond acceptors (Lipinski definition) is 1. The van der Waals surface area contributed by atoms with Gasteiger partial charge < -0.3 is 0 Å². The van der Waals surface area contributed by atoms with Crippen molar-refractivity contribution in [2.75, 3.05) is 7.05 Å². The lowest BCUT2D eigenvalue weighted by molar-refractivity contribution is -0.491. The Bertz CT molecular complexity index is 1400. The Kier molecular flexibility index (Phi) is 10.4. The molecule has 0 amide bonds. The molecule has 4 aromatic carbocycles. The summed E-state index contributed by atoms with van der Waals surface area (Å²) < 4.78 is 1.93. The molecule has 0 aliphatic rings. The number of aryl methyl sites for hydroxylation is 2. The Labute approximate surface area is 235 Å². The molecular formula is C37H43N2+. The summed E-state index contributed by atoms with van der Waals surface area (Å²) in [5, 5.41) is 4.91. The molecule has 0 N–H and O–H groups in total. The average molecular weight is 516 g/mol. The van der Waals surface area contributed by atoms with Crippen LogP contribution < -0.4 is 0 Å². The van der Waals surface area contributed by atoms with E-state index >= 15 is 0 Å². The van der Waals surface area contributed by atoms with Gasteiger partial charge in [-0.15, -0.1) is 0 Å². The zero-order valence-corrected chi connectivity index (χ0v) is 24.2. The molecule has 0 radical (unpaired) electrons. The predicted octanol–water partition coefficient (Wildman–Crippen LogP) is 10.7. The molecule has 2 heteroatoms. The van der Waals surface area contributed by atoms with E-state index < -0.39 is 0 Å². The maximum atomic E-state index is 4.91. The zero-order chi connectivity index (χ0) is 27.5. The predicted molar refractivity (Wildman–Crippen MR) is 168 cm³/mol. The Morgan fingerprint density at radius 2 is 1.28 bits per heavy atom. The minimum absolute atomic E-state index is 0.969. The van der Waals surface area contributed by atoms with Gasteiger partial charge in [-0.2, -0.15) is 0 Å². The highest BCUT2D eigenvalue weighted by molar-refractivity contribution is 5.73. The summed E-state index contributed by atoms with van der Waals surface area (Å²) in [5.74, 6) is 0. The molecule has 0 atom stereocenters. The normalized spacial score (nSPS) is 11.8. The van der Waals surface area contributed by atoms with Crippen molar-refractivity contribution in [3.8, 4) is 22.3 Å². The van der Waals surface area contributed by atoms with Crippen LogP contribution in [0, 0.1) is 0 Å². The highest BCUT2D eigenvalue weighted by Gasteiger charge is 2.12. The number of rotatable bonds is 12. The Balaban J connectivity index is 1.66. The first kappa shape index (κ1) is 28.2. The van der Waals surface area contributed by atoms with Crippen LogP contribution in [0.4, 0.5) is 5.69 Å². The third kappa shape index (κ3) is 7.63. The molecule has 0 bridgehead atoms. The van der Waals surface area contributed by atoms with E-state index in [1.54, 1.807) is 0 Å².